The van der Waals surface area contributed by atoms with E-state index in [-0.39, 0.29) is 27.6 Å². The van der Waals surface area contributed by atoms with Gasteiger partial charge in [0.1, 0.15) is 0 Å². The van der Waals surface area contributed by atoms with Crippen molar-refractivity contribution in [2.24, 2.45) is 0 Å². The summed E-state index contributed by atoms with van der Waals surface area (Å²) < 4.78 is 27.3. The lowest BCUT2D eigenvalue weighted by Gasteiger charge is -2.15. The fourth-order valence-corrected chi connectivity index (χ4v) is 4.31. The number of nitrogens with one attached hydrogen (secondary N) is 2. The number of hydrogen-bond acceptors (Lipinski definition) is 3. The van der Waals surface area contributed by atoms with E-state index in [0.29, 0.717) is 5.56 Å². The predicted octanol–water partition coefficient (Wildman–Crippen LogP) is 4.89. The molecule has 30 heavy (non-hydrogen) atoms. The summed E-state index contributed by atoms with van der Waals surface area (Å²) >= 11 is 6.26. The number of halogens is 1. The van der Waals surface area contributed by atoms with Gasteiger partial charge < -0.3 is 5.32 Å². The molecule has 3 aromatic rings. The zero-order valence-corrected chi connectivity index (χ0v) is 18.1. The van der Waals surface area contributed by atoms with Crippen molar-refractivity contribution >= 4 is 33.2 Å². The lowest BCUT2D eigenvalue weighted by atomic mass is 10.1. The van der Waals surface area contributed by atoms with Crippen LogP contribution in [0.25, 0.3) is 0 Å². The number of sulfonamides is 1. The number of amides is 1. The van der Waals surface area contributed by atoms with Gasteiger partial charge in [0, 0.05) is 6.04 Å². The molecule has 5 nitrogen and oxygen atoms in total. The second-order valence-electron chi connectivity index (χ2n) is 7.01. The molecule has 3 aromatic carbocycles. The third kappa shape index (κ3) is 5.84. The quantitative estimate of drug-likeness (QED) is 0.521. The van der Waals surface area contributed by atoms with Gasteiger partial charge in [0.2, 0.25) is 0 Å². The molecule has 0 saturated carbocycles. The van der Waals surface area contributed by atoms with Crippen molar-refractivity contribution in [2.45, 2.75) is 30.7 Å². The Bertz CT molecular complexity index is 1100. The fraction of sp³-hybridized carbons (Fsp3) is 0.174. The van der Waals surface area contributed by atoms with Crippen molar-refractivity contribution in [3.63, 3.8) is 0 Å². The Labute approximate surface area is 182 Å². The van der Waals surface area contributed by atoms with Gasteiger partial charge in [-0.05, 0) is 55.7 Å². The summed E-state index contributed by atoms with van der Waals surface area (Å²) in [6.45, 7) is 1.94. The van der Waals surface area contributed by atoms with Crippen LogP contribution >= 0.6 is 11.6 Å². The highest BCUT2D eigenvalue weighted by Crippen LogP contribution is 2.23. The maximum absolute atomic E-state index is 12.6. The molecule has 0 heterocycles. The summed E-state index contributed by atoms with van der Waals surface area (Å²) in [7, 11) is -3.73. The molecule has 1 unspecified atom stereocenters. The Kier molecular flexibility index (Phi) is 7.13. The Balaban J connectivity index is 1.62. The van der Waals surface area contributed by atoms with Gasteiger partial charge in [-0.1, -0.05) is 60.1 Å². The Morgan fingerprint density at radius 1 is 0.967 bits per heavy atom. The van der Waals surface area contributed by atoms with Gasteiger partial charge in [0.05, 0.1) is 21.2 Å². The highest BCUT2D eigenvalue weighted by molar-refractivity contribution is 7.92. The number of aryl methyl sites for hydroxylation is 1. The molecule has 156 valence electrons. The van der Waals surface area contributed by atoms with Crippen molar-refractivity contribution in [1.29, 1.82) is 0 Å². The molecule has 3 rings (SSSR count). The first-order chi connectivity index (χ1) is 14.3. The first-order valence-electron chi connectivity index (χ1n) is 9.57. The van der Waals surface area contributed by atoms with Crippen LogP contribution in [-0.2, 0) is 16.4 Å². The van der Waals surface area contributed by atoms with Crippen LogP contribution in [0.4, 0.5) is 5.69 Å². The summed E-state index contributed by atoms with van der Waals surface area (Å²) in [5, 5.41) is 3.12. The maximum atomic E-state index is 12.6. The minimum absolute atomic E-state index is 0.0370. The molecule has 1 amide bonds. The number of carbonyl (C=O) groups excluding carboxylic acids is 1. The monoisotopic (exact) mass is 442 g/mol. The zero-order chi connectivity index (χ0) is 21.6. The van der Waals surface area contributed by atoms with E-state index in [1.54, 1.807) is 18.2 Å². The van der Waals surface area contributed by atoms with E-state index >= 15 is 0 Å². The molecule has 7 heteroatoms. The molecule has 0 aliphatic heterocycles. The molecule has 0 aliphatic carbocycles. The topological polar surface area (TPSA) is 75.3 Å². The SMILES string of the molecule is CC(CCc1ccccc1)NC(=O)c1ccc(NS(=O)(=O)c2ccccc2)cc1Cl. The fourth-order valence-electron chi connectivity index (χ4n) is 2.98. The highest BCUT2D eigenvalue weighted by atomic mass is 35.5. The van der Waals surface area contributed by atoms with Gasteiger partial charge in [-0.3, -0.25) is 9.52 Å². The van der Waals surface area contributed by atoms with Gasteiger partial charge >= 0.3 is 0 Å². The van der Waals surface area contributed by atoms with Crippen LogP contribution in [0, 0.1) is 0 Å². The molecule has 0 aromatic heterocycles. The molecular weight excluding hydrogens is 420 g/mol. The van der Waals surface area contributed by atoms with Crippen LogP contribution in [0.3, 0.4) is 0 Å². The van der Waals surface area contributed by atoms with Crippen LogP contribution in [0.1, 0.15) is 29.3 Å². The summed E-state index contributed by atoms with van der Waals surface area (Å²) in [6.07, 6.45) is 1.65. The van der Waals surface area contributed by atoms with Crippen LogP contribution in [-0.4, -0.2) is 20.4 Å². The van der Waals surface area contributed by atoms with Crippen LogP contribution < -0.4 is 10.0 Å². The maximum Gasteiger partial charge on any atom is 0.261 e. The number of carbonyl (C=O) groups is 1. The summed E-state index contributed by atoms with van der Waals surface area (Å²) in [5.41, 5.74) is 1.80. The Hall–Kier alpha value is -2.83. The van der Waals surface area contributed by atoms with Crippen LogP contribution in [0.2, 0.25) is 5.02 Å². The standard InChI is InChI=1S/C23H23ClN2O3S/c1-17(12-13-18-8-4-2-5-9-18)25-23(27)21-15-14-19(16-22(21)24)26-30(28,29)20-10-6-3-7-11-20/h2-11,14-17,26H,12-13H2,1H3,(H,25,27). The van der Waals surface area contributed by atoms with Crippen LogP contribution in [0.5, 0.6) is 0 Å². The summed E-state index contributed by atoms with van der Waals surface area (Å²) in [4.78, 5) is 12.7. The van der Waals surface area contributed by atoms with Crippen molar-refractivity contribution in [3.05, 3.63) is 95.0 Å². The van der Waals surface area contributed by atoms with E-state index in [1.807, 2.05) is 25.1 Å². The van der Waals surface area contributed by atoms with E-state index in [2.05, 4.69) is 22.2 Å². The smallest absolute Gasteiger partial charge is 0.261 e. The molecule has 2 N–H and O–H groups in total. The molecule has 0 saturated heterocycles. The highest BCUT2D eigenvalue weighted by Gasteiger charge is 2.17. The van der Waals surface area contributed by atoms with E-state index in [4.69, 9.17) is 11.6 Å². The van der Waals surface area contributed by atoms with E-state index < -0.39 is 10.0 Å². The lowest BCUT2D eigenvalue weighted by Crippen LogP contribution is -2.33. The molecule has 1 atom stereocenters. The molecule has 0 aliphatic rings. The van der Waals surface area contributed by atoms with Gasteiger partial charge in [-0.2, -0.15) is 0 Å². The Morgan fingerprint density at radius 2 is 1.60 bits per heavy atom. The largest absolute Gasteiger partial charge is 0.350 e. The molecule has 0 fully saturated rings. The van der Waals surface area contributed by atoms with Crippen LogP contribution in [0.15, 0.2) is 83.8 Å². The van der Waals surface area contributed by atoms with Gasteiger partial charge in [0.15, 0.2) is 0 Å². The van der Waals surface area contributed by atoms with Crippen molar-refractivity contribution in [2.75, 3.05) is 4.72 Å². The second kappa shape index (κ2) is 9.78. The first-order valence-corrected chi connectivity index (χ1v) is 11.4. The zero-order valence-electron chi connectivity index (χ0n) is 16.5. The van der Waals surface area contributed by atoms with Crippen molar-refractivity contribution in [1.82, 2.24) is 5.32 Å². The normalized spacial score (nSPS) is 12.2. The Morgan fingerprint density at radius 3 is 2.23 bits per heavy atom. The number of anilines is 1. The number of rotatable bonds is 8. The molecule has 0 spiro atoms. The second-order valence-corrected chi connectivity index (χ2v) is 9.10. The van der Waals surface area contributed by atoms with E-state index in [9.17, 15) is 13.2 Å². The number of benzene rings is 3. The number of hydrogen-bond donors (Lipinski definition) is 2. The minimum Gasteiger partial charge on any atom is -0.350 e. The molecule has 0 bridgehead atoms. The van der Waals surface area contributed by atoms with Gasteiger partial charge in [0.25, 0.3) is 15.9 Å². The van der Waals surface area contributed by atoms with E-state index in [1.165, 1.54) is 35.9 Å². The molecular formula is C23H23ClN2O3S. The third-order valence-corrected chi connectivity index (χ3v) is 6.32. The van der Waals surface area contributed by atoms with Gasteiger partial charge in [-0.25, -0.2) is 8.42 Å². The van der Waals surface area contributed by atoms with E-state index in [0.717, 1.165) is 12.8 Å². The summed E-state index contributed by atoms with van der Waals surface area (Å²) in [6, 6.07) is 22.5. The molecule has 0 radical (unpaired) electrons. The van der Waals surface area contributed by atoms with Gasteiger partial charge in [-0.15, -0.1) is 0 Å². The predicted molar refractivity (Wildman–Crippen MR) is 120 cm³/mol. The first kappa shape index (κ1) is 21.9. The average Bonchev–Trinajstić information content (AvgIpc) is 2.73. The van der Waals surface area contributed by atoms with Crippen molar-refractivity contribution < 1.29 is 13.2 Å². The van der Waals surface area contributed by atoms with Crippen molar-refractivity contribution in [3.8, 4) is 0 Å². The summed E-state index contributed by atoms with van der Waals surface area (Å²) in [5.74, 6) is -0.293. The average molecular weight is 443 g/mol. The minimum atomic E-state index is -3.73. The lowest BCUT2D eigenvalue weighted by molar-refractivity contribution is 0.0938. The third-order valence-electron chi connectivity index (χ3n) is 4.61.